The molecule has 136 valence electrons. The fourth-order valence-electron chi connectivity index (χ4n) is 4.84. The minimum Gasteiger partial charge on any atom is -0.381 e. The number of benzene rings is 1. The van der Waals surface area contributed by atoms with Crippen LogP contribution in [0.15, 0.2) is 48.7 Å². The molecule has 2 fully saturated rings. The Hall–Kier alpha value is -2.00. The van der Waals surface area contributed by atoms with Gasteiger partial charge in [-0.05, 0) is 54.5 Å². The van der Waals surface area contributed by atoms with Crippen LogP contribution in [0.3, 0.4) is 0 Å². The molecule has 2 nitrogen and oxygen atoms in total. The maximum atomic E-state index is 13.4. The Kier molecular flexibility index (Phi) is 5.16. The Bertz CT molecular complexity index is 770. The number of pyridine rings is 1. The van der Waals surface area contributed by atoms with Gasteiger partial charge < -0.3 is 4.74 Å². The third kappa shape index (κ3) is 3.59. The molecule has 0 saturated heterocycles. The van der Waals surface area contributed by atoms with Crippen molar-refractivity contribution in [2.75, 3.05) is 7.11 Å². The number of rotatable bonds is 4. The summed E-state index contributed by atoms with van der Waals surface area (Å²) in [5.41, 5.74) is 2.73. The molecule has 0 N–H and O–H groups in total. The molecule has 1 aromatic heterocycles. The lowest BCUT2D eigenvalue weighted by molar-refractivity contribution is 0.0779. The van der Waals surface area contributed by atoms with Crippen molar-refractivity contribution in [2.45, 2.75) is 38.2 Å². The molecule has 1 heterocycles. The summed E-state index contributed by atoms with van der Waals surface area (Å²) in [5, 5.41) is 0. The number of ether oxygens (including phenoxy) is 1. The fraction of sp³-hybridized carbons (Fsp3) is 0.435. The molecular weight excluding hydrogens is 325 g/mol. The number of hydrogen-bond donors (Lipinski definition) is 0. The highest BCUT2D eigenvalue weighted by molar-refractivity contribution is 5.63. The van der Waals surface area contributed by atoms with Gasteiger partial charge in [-0.25, -0.2) is 4.39 Å². The van der Waals surface area contributed by atoms with E-state index in [1.165, 1.54) is 44.2 Å². The summed E-state index contributed by atoms with van der Waals surface area (Å²) in [5.74, 6) is 1.86. The normalized spacial score (nSPS) is 28.4. The van der Waals surface area contributed by atoms with E-state index in [0.717, 1.165) is 28.7 Å². The van der Waals surface area contributed by atoms with E-state index in [2.05, 4.69) is 17.1 Å². The SMILES string of the molecule is CO[C@H]1C[C@H]2CCCC[C@H]2[C@@H]1/C=C/c1ccc(-c2cccc(F)c2)cn1. The lowest BCUT2D eigenvalue weighted by Gasteiger charge is -2.28. The van der Waals surface area contributed by atoms with Crippen LogP contribution in [-0.4, -0.2) is 18.2 Å². The summed E-state index contributed by atoms with van der Waals surface area (Å²) in [7, 11) is 1.84. The number of aromatic nitrogens is 1. The standard InChI is InChI=1S/C23H26FNO/c1-26-23-14-17-5-2-3-8-21(17)22(23)12-11-20-10-9-18(15-25-20)16-6-4-7-19(24)13-16/h4,6-7,9-13,15,17,21-23H,2-3,5,8,14H2,1H3/b12-11+/t17-,21-,22+,23+/m1/s1. The summed E-state index contributed by atoms with van der Waals surface area (Å²) in [4.78, 5) is 4.55. The molecule has 0 amide bonds. The molecule has 0 bridgehead atoms. The molecule has 2 saturated carbocycles. The quantitative estimate of drug-likeness (QED) is 0.700. The van der Waals surface area contributed by atoms with Gasteiger partial charge in [-0.1, -0.05) is 43.5 Å². The van der Waals surface area contributed by atoms with E-state index in [4.69, 9.17) is 4.74 Å². The van der Waals surface area contributed by atoms with Gasteiger partial charge in [0.1, 0.15) is 5.82 Å². The highest BCUT2D eigenvalue weighted by Crippen LogP contribution is 2.47. The largest absolute Gasteiger partial charge is 0.381 e. The molecule has 26 heavy (non-hydrogen) atoms. The van der Waals surface area contributed by atoms with Crippen molar-refractivity contribution in [3.8, 4) is 11.1 Å². The van der Waals surface area contributed by atoms with Gasteiger partial charge in [0.25, 0.3) is 0 Å². The number of hydrogen-bond acceptors (Lipinski definition) is 2. The Morgan fingerprint density at radius 2 is 2.00 bits per heavy atom. The maximum Gasteiger partial charge on any atom is 0.123 e. The van der Waals surface area contributed by atoms with E-state index in [9.17, 15) is 4.39 Å². The van der Waals surface area contributed by atoms with Crippen molar-refractivity contribution in [3.63, 3.8) is 0 Å². The monoisotopic (exact) mass is 351 g/mol. The molecule has 2 aromatic rings. The van der Waals surface area contributed by atoms with Crippen LogP contribution in [0.1, 0.15) is 37.8 Å². The number of nitrogens with zero attached hydrogens (tertiary/aromatic N) is 1. The van der Waals surface area contributed by atoms with Crippen LogP contribution >= 0.6 is 0 Å². The topological polar surface area (TPSA) is 22.1 Å². The summed E-state index contributed by atoms with van der Waals surface area (Å²) in [6.45, 7) is 0. The first-order valence-electron chi connectivity index (χ1n) is 9.67. The summed E-state index contributed by atoms with van der Waals surface area (Å²) in [6.07, 6.45) is 13.2. The first-order valence-corrected chi connectivity index (χ1v) is 9.67. The van der Waals surface area contributed by atoms with Crippen LogP contribution in [-0.2, 0) is 4.74 Å². The molecule has 2 aliphatic carbocycles. The van der Waals surface area contributed by atoms with Gasteiger partial charge in [-0.2, -0.15) is 0 Å². The average molecular weight is 351 g/mol. The van der Waals surface area contributed by atoms with Crippen LogP contribution in [0.25, 0.3) is 17.2 Å². The lowest BCUT2D eigenvalue weighted by atomic mass is 9.78. The van der Waals surface area contributed by atoms with Gasteiger partial charge in [0.05, 0.1) is 11.8 Å². The second-order valence-electron chi connectivity index (χ2n) is 7.64. The third-order valence-electron chi connectivity index (χ3n) is 6.16. The van der Waals surface area contributed by atoms with Crippen molar-refractivity contribution >= 4 is 6.08 Å². The minimum atomic E-state index is -0.222. The summed E-state index contributed by atoms with van der Waals surface area (Å²) < 4.78 is 19.2. The van der Waals surface area contributed by atoms with Gasteiger partial charge in [0, 0.05) is 24.8 Å². The molecule has 3 heteroatoms. The molecule has 2 aliphatic rings. The van der Waals surface area contributed by atoms with E-state index >= 15 is 0 Å². The highest BCUT2D eigenvalue weighted by atomic mass is 19.1. The van der Waals surface area contributed by atoms with Gasteiger partial charge >= 0.3 is 0 Å². The molecular formula is C23H26FNO. The van der Waals surface area contributed by atoms with E-state index in [1.54, 1.807) is 6.07 Å². The van der Waals surface area contributed by atoms with Gasteiger partial charge in [0.15, 0.2) is 0 Å². The third-order valence-corrected chi connectivity index (χ3v) is 6.16. The van der Waals surface area contributed by atoms with Crippen LogP contribution in [0.2, 0.25) is 0 Å². The van der Waals surface area contributed by atoms with Crippen LogP contribution in [0.4, 0.5) is 4.39 Å². The van der Waals surface area contributed by atoms with E-state index in [-0.39, 0.29) is 5.82 Å². The number of halogens is 1. The number of methoxy groups -OCH3 is 1. The van der Waals surface area contributed by atoms with Gasteiger partial charge in [-0.15, -0.1) is 0 Å². The molecule has 0 aliphatic heterocycles. The van der Waals surface area contributed by atoms with E-state index in [1.807, 2.05) is 31.5 Å². The predicted molar refractivity (Wildman–Crippen MR) is 103 cm³/mol. The maximum absolute atomic E-state index is 13.4. The Morgan fingerprint density at radius 3 is 2.77 bits per heavy atom. The zero-order valence-electron chi connectivity index (χ0n) is 15.3. The van der Waals surface area contributed by atoms with E-state index in [0.29, 0.717) is 12.0 Å². The van der Waals surface area contributed by atoms with Crippen molar-refractivity contribution in [2.24, 2.45) is 17.8 Å². The highest BCUT2D eigenvalue weighted by Gasteiger charge is 2.42. The van der Waals surface area contributed by atoms with E-state index < -0.39 is 0 Å². The van der Waals surface area contributed by atoms with Gasteiger partial charge in [-0.3, -0.25) is 4.98 Å². The van der Waals surface area contributed by atoms with Crippen molar-refractivity contribution in [1.82, 2.24) is 4.98 Å². The average Bonchev–Trinajstić information content (AvgIpc) is 3.04. The number of fused-ring (bicyclic) bond motifs is 1. The smallest absolute Gasteiger partial charge is 0.123 e. The molecule has 0 radical (unpaired) electrons. The first kappa shape index (κ1) is 17.4. The molecule has 4 rings (SSSR count). The van der Waals surface area contributed by atoms with Gasteiger partial charge in [0.2, 0.25) is 0 Å². The summed E-state index contributed by atoms with van der Waals surface area (Å²) >= 11 is 0. The van der Waals surface area contributed by atoms with Crippen LogP contribution in [0.5, 0.6) is 0 Å². The molecule has 0 unspecified atom stereocenters. The molecule has 0 spiro atoms. The predicted octanol–water partition coefficient (Wildman–Crippen LogP) is 5.74. The molecule has 4 atom stereocenters. The zero-order chi connectivity index (χ0) is 17.9. The first-order chi connectivity index (χ1) is 12.7. The van der Waals surface area contributed by atoms with Crippen molar-refractivity contribution < 1.29 is 9.13 Å². The molecule has 1 aromatic carbocycles. The second-order valence-corrected chi connectivity index (χ2v) is 7.64. The lowest BCUT2D eigenvalue weighted by Crippen LogP contribution is -2.21. The summed E-state index contributed by atoms with van der Waals surface area (Å²) in [6, 6.07) is 10.6. The fourth-order valence-corrected chi connectivity index (χ4v) is 4.84. The van der Waals surface area contributed by atoms with Crippen LogP contribution in [0, 0.1) is 23.6 Å². The van der Waals surface area contributed by atoms with Crippen LogP contribution < -0.4 is 0 Å². The Labute approximate surface area is 155 Å². The van der Waals surface area contributed by atoms with Crippen molar-refractivity contribution in [3.05, 3.63) is 60.2 Å². The Morgan fingerprint density at radius 1 is 1.12 bits per heavy atom. The van der Waals surface area contributed by atoms with Crippen molar-refractivity contribution in [1.29, 1.82) is 0 Å². The minimum absolute atomic E-state index is 0.222. The Balaban J connectivity index is 1.49. The zero-order valence-corrected chi connectivity index (χ0v) is 15.3. The second kappa shape index (κ2) is 7.71.